The summed E-state index contributed by atoms with van der Waals surface area (Å²) in [6.45, 7) is 5.82. The molecule has 0 saturated carbocycles. The highest BCUT2D eigenvalue weighted by Crippen LogP contribution is 2.23. The largest absolute Gasteiger partial charge is 0.490 e. The molecule has 0 aliphatic carbocycles. The standard InChI is InChI=1S/C16H26FNO3/c1-4-16(19,5-2)12-21-15-7-6-14(17)10-13(15)11-18-8-9-20-3/h6-7,10,18-19H,4-5,8-9,11-12H2,1-3H3. The maximum atomic E-state index is 13.4. The molecule has 0 aliphatic rings. The molecule has 0 aromatic heterocycles. The minimum absolute atomic E-state index is 0.205. The van der Waals surface area contributed by atoms with E-state index in [9.17, 15) is 9.50 Å². The molecule has 0 bridgehead atoms. The predicted molar refractivity (Wildman–Crippen MR) is 81.0 cm³/mol. The number of hydrogen-bond donors (Lipinski definition) is 2. The predicted octanol–water partition coefficient (Wildman–Crippen LogP) is 2.49. The Labute approximate surface area is 126 Å². The lowest BCUT2D eigenvalue weighted by molar-refractivity contribution is -0.0116. The van der Waals surface area contributed by atoms with Gasteiger partial charge in [-0.05, 0) is 31.0 Å². The first-order valence-electron chi connectivity index (χ1n) is 7.38. The number of benzene rings is 1. The molecular formula is C16H26FNO3. The molecule has 1 aromatic carbocycles. The minimum Gasteiger partial charge on any atom is -0.490 e. The molecule has 1 aromatic rings. The fraction of sp³-hybridized carbons (Fsp3) is 0.625. The third-order valence-corrected chi connectivity index (χ3v) is 3.63. The van der Waals surface area contributed by atoms with Crippen molar-refractivity contribution in [3.8, 4) is 5.75 Å². The monoisotopic (exact) mass is 299 g/mol. The number of hydrogen-bond acceptors (Lipinski definition) is 4. The molecule has 5 heteroatoms. The van der Waals surface area contributed by atoms with Crippen molar-refractivity contribution in [2.24, 2.45) is 0 Å². The van der Waals surface area contributed by atoms with Crippen LogP contribution in [-0.4, -0.2) is 37.6 Å². The maximum Gasteiger partial charge on any atom is 0.124 e. The van der Waals surface area contributed by atoms with E-state index < -0.39 is 5.60 Å². The third-order valence-electron chi connectivity index (χ3n) is 3.63. The van der Waals surface area contributed by atoms with Gasteiger partial charge in [0.2, 0.25) is 0 Å². The van der Waals surface area contributed by atoms with Crippen LogP contribution in [0.2, 0.25) is 0 Å². The van der Waals surface area contributed by atoms with Crippen molar-refractivity contribution in [3.05, 3.63) is 29.6 Å². The fourth-order valence-electron chi connectivity index (χ4n) is 1.89. The first-order chi connectivity index (χ1) is 10.0. The molecular weight excluding hydrogens is 273 g/mol. The first kappa shape index (κ1) is 17.9. The minimum atomic E-state index is -0.838. The SMILES string of the molecule is CCC(O)(CC)COc1ccc(F)cc1CNCCOC. The molecule has 21 heavy (non-hydrogen) atoms. The van der Waals surface area contributed by atoms with Crippen molar-refractivity contribution >= 4 is 0 Å². The lowest BCUT2D eigenvalue weighted by Crippen LogP contribution is -2.34. The second-order valence-corrected chi connectivity index (χ2v) is 5.14. The summed E-state index contributed by atoms with van der Waals surface area (Å²) in [6.07, 6.45) is 1.23. The molecule has 0 atom stereocenters. The normalized spacial score (nSPS) is 11.7. The summed E-state index contributed by atoms with van der Waals surface area (Å²) in [5, 5.41) is 13.4. The second kappa shape index (κ2) is 8.97. The van der Waals surface area contributed by atoms with Crippen molar-refractivity contribution in [1.82, 2.24) is 5.32 Å². The van der Waals surface area contributed by atoms with Gasteiger partial charge in [0.05, 0.1) is 12.2 Å². The summed E-state index contributed by atoms with van der Waals surface area (Å²) in [4.78, 5) is 0. The Balaban J connectivity index is 2.67. The second-order valence-electron chi connectivity index (χ2n) is 5.14. The summed E-state index contributed by atoms with van der Waals surface area (Å²) < 4.78 is 24.0. The van der Waals surface area contributed by atoms with Crippen LogP contribution in [-0.2, 0) is 11.3 Å². The number of methoxy groups -OCH3 is 1. The molecule has 0 heterocycles. The number of rotatable bonds is 10. The number of aliphatic hydroxyl groups is 1. The van der Waals surface area contributed by atoms with Crippen LogP contribution in [0.4, 0.5) is 4.39 Å². The lowest BCUT2D eigenvalue weighted by atomic mass is 9.99. The zero-order valence-corrected chi connectivity index (χ0v) is 13.1. The Bertz CT molecular complexity index is 422. The molecule has 4 nitrogen and oxygen atoms in total. The molecule has 0 spiro atoms. The van der Waals surface area contributed by atoms with Crippen molar-refractivity contribution in [3.63, 3.8) is 0 Å². The summed E-state index contributed by atoms with van der Waals surface area (Å²) in [5.41, 5.74) is -0.101. The zero-order chi connectivity index (χ0) is 15.7. The fourth-order valence-corrected chi connectivity index (χ4v) is 1.89. The molecule has 1 rings (SSSR count). The van der Waals surface area contributed by atoms with Gasteiger partial charge in [0, 0.05) is 25.8 Å². The Morgan fingerprint density at radius 2 is 2.00 bits per heavy atom. The van der Waals surface area contributed by atoms with Gasteiger partial charge in [0.25, 0.3) is 0 Å². The van der Waals surface area contributed by atoms with Crippen LogP contribution < -0.4 is 10.1 Å². The Morgan fingerprint density at radius 1 is 1.29 bits per heavy atom. The van der Waals surface area contributed by atoms with Gasteiger partial charge in [-0.15, -0.1) is 0 Å². The summed E-state index contributed by atoms with van der Waals surface area (Å²) in [7, 11) is 1.63. The van der Waals surface area contributed by atoms with Crippen LogP contribution in [0.15, 0.2) is 18.2 Å². The van der Waals surface area contributed by atoms with E-state index in [-0.39, 0.29) is 12.4 Å². The van der Waals surface area contributed by atoms with Gasteiger partial charge in [-0.3, -0.25) is 0 Å². The van der Waals surface area contributed by atoms with E-state index in [1.54, 1.807) is 13.2 Å². The van der Waals surface area contributed by atoms with E-state index in [1.807, 2.05) is 13.8 Å². The third kappa shape index (κ3) is 5.99. The van der Waals surface area contributed by atoms with Crippen molar-refractivity contribution in [1.29, 1.82) is 0 Å². The maximum absolute atomic E-state index is 13.4. The highest BCUT2D eigenvalue weighted by atomic mass is 19.1. The molecule has 0 unspecified atom stereocenters. The molecule has 0 saturated heterocycles. The van der Waals surface area contributed by atoms with Gasteiger partial charge < -0.3 is 19.9 Å². The Hall–Kier alpha value is -1.17. The molecule has 120 valence electrons. The summed E-state index contributed by atoms with van der Waals surface area (Å²) >= 11 is 0. The number of nitrogens with one attached hydrogen (secondary N) is 1. The van der Waals surface area contributed by atoms with Gasteiger partial charge in [-0.2, -0.15) is 0 Å². The summed E-state index contributed by atoms with van der Waals surface area (Å²) in [5.74, 6) is 0.300. The quantitative estimate of drug-likeness (QED) is 0.652. The van der Waals surface area contributed by atoms with Crippen LogP contribution in [0.5, 0.6) is 5.75 Å². The smallest absolute Gasteiger partial charge is 0.124 e. The van der Waals surface area contributed by atoms with Gasteiger partial charge in [0.1, 0.15) is 18.2 Å². The number of halogens is 1. The van der Waals surface area contributed by atoms with Crippen LogP contribution >= 0.6 is 0 Å². The lowest BCUT2D eigenvalue weighted by Gasteiger charge is -2.25. The van der Waals surface area contributed by atoms with Crippen molar-refractivity contribution in [2.75, 3.05) is 26.9 Å². The molecule has 0 fully saturated rings. The Morgan fingerprint density at radius 3 is 2.62 bits per heavy atom. The van der Waals surface area contributed by atoms with Crippen LogP contribution in [0.1, 0.15) is 32.3 Å². The highest BCUT2D eigenvalue weighted by molar-refractivity contribution is 5.34. The topological polar surface area (TPSA) is 50.7 Å². The van der Waals surface area contributed by atoms with E-state index >= 15 is 0 Å². The van der Waals surface area contributed by atoms with Gasteiger partial charge in [-0.25, -0.2) is 4.39 Å². The van der Waals surface area contributed by atoms with Crippen LogP contribution in [0.3, 0.4) is 0 Å². The zero-order valence-electron chi connectivity index (χ0n) is 13.1. The van der Waals surface area contributed by atoms with Gasteiger partial charge in [-0.1, -0.05) is 13.8 Å². The van der Waals surface area contributed by atoms with Crippen LogP contribution in [0.25, 0.3) is 0 Å². The number of ether oxygens (including phenoxy) is 2. The van der Waals surface area contributed by atoms with E-state index in [1.165, 1.54) is 12.1 Å². The van der Waals surface area contributed by atoms with E-state index in [2.05, 4.69) is 5.32 Å². The average Bonchev–Trinajstić information content (AvgIpc) is 2.50. The van der Waals surface area contributed by atoms with Gasteiger partial charge >= 0.3 is 0 Å². The van der Waals surface area contributed by atoms with E-state index in [4.69, 9.17) is 9.47 Å². The van der Waals surface area contributed by atoms with Crippen LogP contribution in [0, 0.1) is 5.82 Å². The molecule has 0 aliphatic heterocycles. The van der Waals surface area contributed by atoms with Crippen molar-refractivity contribution < 1.29 is 19.0 Å². The van der Waals surface area contributed by atoms with E-state index in [0.29, 0.717) is 38.3 Å². The average molecular weight is 299 g/mol. The highest BCUT2D eigenvalue weighted by Gasteiger charge is 2.23. The Kier molecular flexibility index (Phi) is 7.64. The first-order valence-corrected chi connectivity index (χ1v) is 7.38. The molecule has 0 radical (unpaired) electrons. The van der Waals surface area contributed by atoms with Gasteiger partial charge in [0.15, 0.2) is 0 Å². The molecule has 2 N–H and O–H groups in total. The van der Waals surface area contributed by atoms with E-state index in [0.717, 1.165) is 5.56 Å². The van der Waals surface area contributed by atoms with Crippen molar-refractivity contribution in [2.45, 2.75) is 38.8 Å². The summed E-state index contributed by atoms with van der Waals surface area (Å²) in [6, 6.07) is 4.42. The molecule has 0 amide bonds.